The Morgan fingerprint density at radius 1 is 0.968 bits per heavy atom. The van der Waals surface area contributed by atoms with Gasteiger partial charge in [0, 0.05) is 19.2 Å². The van der Waals surface area contributed by atoms with Crippen LogP contribution in [-0.2, 0) is 9.36 Å². The topological polar surface area (TPSA) is 142 Å². The number of nitrogens with zero attached hydrogens (tertiary/aromatic N) is 1. The molecule has 1 aromatic rings. The Morgan fingerprint density at radius 3 is 2.13 bits per heavy atom. The van der Waals surface area contributed by atoms with Crippen LogP contribution >= 0.6 is 7.60 Å². The van der Waals surface area contributed by atoms with Crippen LogP contribution in [0.5, 0.6) is 11.5 Å². The van der Waals surface area contributed by atoms with Crippen molar-refractivity contribution >= 4 is 25.3 Å². The molecule has 0 radical (unpaired) electrons. The van der Waals surface area contributed by atoms with E-state index in [1.54, 1.807) is 12.2 Å². The molecule has 13 heteroatoms. The zero-order valence-corrected chi connectivity index (χ0v) is 24.8. The molecule has 3 rings (SSSR count). The Bertz CT molecular complexity index is 822. The minimum atomic E-state index is -5.43. The number of likely N-dealkylation sites (tertiary alicyclic amines) is 1. The van der Waals surface area contributed by atoms with Crippen LogP contribution in [0.25, 0.3) is 6.08 Å². The van der Waals surface area contributed by atoms with Gasteiger partial charge in [-0.2, -0.15) is 0 Å². The van der Waals surface area contributed by atoms with E-state index in [0.29, 0.717) is 0 Å². The van der Waals surface area contributed by atoms with Crippen LogP contribution < -0.4 is 113 Å². The second kappa shape index (κ2) is 16.9. The number of piperidine rings is 1. The molecule has 9 nitrogen and oxygen atoms in total. The molecule has 0 N–H and O–H groups in total. The number of allylic oxidation sites excluding steroid dienone is 2. The van der Waals surface area contributed by atoms with Gasteiger partial charge < -0.3 is 38.6 Å². The number of amides is 1. The van der Waals surface area contributed by atoms with Crippen LogP contribution in [0.4, 0.5) is 4.79 Å². The summed E-state index contributed by atoms with van der Waals surface area (Å²) in [6, 6.07) is 5.79. The fraction of sp³-hybridized carbons (Fsp3) is 0.333. The first kappa shape index (κ1) is 33.6. The summed E-state index contributed by atoms with van der Waals surface area (Å²) in [4.78, 5) is 41.1. The van der Waals surface area contributed by atoms with Crippen LogP contribution in [0, 0.1) is 0 Å². The first-order valence-corrected chi connectivity index (χ1v) is 10.1. The minimum absolute atomic E-state index is 0. The maximum atomic E-state index is 11.9. The predicted molar refractivity (Wildman–Crippen MR) is 94.2 cm³/mol. The average Bonchev–Trinajstić information content (AvgIpc) is 3.13. The van der Waals surface area contributed by atoms with Crippen molar-refractivity contribution in [2.75, 3.05) is 19.9 Å². The molecule has 1 saturated heterocycles. The molecule has 1 fully saturated rings. The van der Waals surface area contributed by atoms with Crippen LogP contribution in [-0.4, -0.2) is 36.4 Å². The quantitative estimate of drug-likeness (QED) is 0.180. The zero-order valence-electron chi connectivity index (χ0n) is 17.9. The normalized spacial score (nSPS) is 14.6. The molecule has 31 heavy (non-hydrogen) atoms. The number of hydrogen-bond donors (Lipinski definition) is 0. The maximum Gasteiger partial charge on any atom is 1.00 e. The fourth-order valence-corrected chi connectivity index (χ4v) is 2.54. The SMILES string of the molecule is O=C(C=CC=Cc1ccc2c(c1)OCO2)N1CCCCC1.O=C([O-])P(=O)([O-])[O-].[Na+].[Na+].[Na+]. The van der Waals surface area contributed by atoms with E-state index < -0.39 is 13.3 Å². The Labute approximate surface area is 247 Å². The van der Waals surface area contributed by atoms with Crippen LogP contribution in [0.3, 0.4) is 0 Å². The summed E-state index contributed by atoms with van der Waals surface area (Å²) < 4.78 is 19.7. The largest absolute Gasteiger partial charge is 1.00 e. The van der Waals surface area contributed by atoms with Gasteiger partial charge in [-0.3, -0.25) is 4.79 Å². The Balaban J connectivity index is 0. The number of fused-ring (bicyclic) bond motifs is 1. The second-order valence-corrected chi connectivity index (χ2v) is 7.34. The monoisotopic (exact) mass is 477 g/mol. The Morgan fingerprint density at radius 2 is 1.55 bits per heavy atom. The van der Waals surface area contributed by atoms with Crippen LogP contribution in [0.2, 0.25) is 0 Å². The standard InChI is InChI=1S/C17H19NO3.CH3O5P.3Na/c19-17(18-10-4-1-5-11-18)7-3-2-6-14-8-9-15-16(12-14)21-13-20-15;2-1(3)7(4,5)6;;;/h2-3,6-9,12H,1,4-5,10-11,13H2;(H,2,3)(H2,4,5,6);;;/q;;3*+1/p-3. The summed E-state index contributed by atoms with van der Waals surface area (Å²) >= 11 is 0. The third-order valence-electron chi connectivity index (χ3n) is 3.93. The number of benzene rings is 1. The van der Waals surface area contributed by atoms with E-state index in [2.05, 4.69) is 0 Å². The first-order chi connectivity index (χ1) is 13.3. The van der Waals surface area contributed by atoms with Gasteiger partial charge in [0.05, 0.1) is 5.71 Å². The molecule has 1 aromatic carbocycles. The zero-order chi connectivity index (χ0) is 20.6. The van der Waals surface area contributed by atoms with Gasteiger partial charge in [0.15, 0.2) is 11.5 Å². The number of hydrogen-bond acceptors (Lipinski definition) is 8. The molecule has 0 spiro atoms. The van der Waals surface area contributed by atoms with E-state index in [9.17, 15) is 4.79 Å². The molecule has 0 aromatic heterocycles. The summed E-state index contributed by atoms with van der Waals surface area (Å²) in [6.07, 6.45) is 10.7. The smallest absolute Gasteiger partial charge is 0.807 e. The molecule has 2 aliphatic rings. The first-order valence-electron chi connectivity index (χ1n) is 8.54. The molecule has 0 unspecified atom stereocenters. The number of ether oxygens (including phenoxy) is 2. The molecule has 0 aliphatic carbocycles. The molecule has 2 aliphatic heterocycles. The summed E-state index contributed by atoms with van der Waals surface area (Å²) in [6.45, 7) is 2.05. The van der Waals surface area contributed by atoms with Gasteiger partial charge in [-0.15, -0.1) is 0 Å². The molecule has 0 saturated carbocycles. The van der Waals surface area contributed by atoms with Crippen molar-refractivity contribution in [3.8, 4) is 11.5 Å². The summed E-state index contributed by atoms with van der Waals surface area (Å²) in [5.74, 6) is 1.65. The van der Waals surface area contributed by atoms with Crippen molar-refractivity contribution in [1.82, 2.24) is 4.90 Å². The Hall–Kier alpha value is 0.390. The van der Waals surface area contributed by atoms with Crippen LogP contribution in [0.15, 0.2) is 36.4 Å². The molecular weight excluding hydrogens is 458 g/mol. The van der Waals surface area contributed by atoms with Gasteiger partial charge >= 0.3 is 88.7 Å². The third-order valence-corrected chi connectivity index (χ3v) is 4.37. The van der Waals surface area contributed by atoms with E-state index in [0.717, 1.165) is 43.0 Å². The number of carboxylic acid groups (broad SMARTS) is 1. The number of rotatable bonds is 4. The van der Waals surface area contributed by atoms with E-state index in [4.69, 9.17) is 33.7 Å². The molecule has 0 bridgehead atoms. The molecule has 152 valence electrons. The summed E-state index contributed by atoms with van der Waals surface area (Å²) in [7, 11) is -5.43. The third kappa shape index (κ3) is 12.4. The van der Waals surface area contributed by atoms with Crippen molar-refractivity contribution in [3.63, 3.8) is 0 Å². The summed E-state index contributed by atoms with van der Waals surface area (Å²) in [5, 5.41) is 9.02. The van der Waals surface area contributed by atoms with E-state index in [1.165, 1.54) is 6.42 Å². The van der Waals surface area contributed by atoms with Gasteiger partial charge in [-0.1, -0.05) is 24.3 Å². The number of carbonyl (C=O) groups is 2. The van der Waals surface area contributed by atoms with Crippen molar-refractivity contribution in [2.24, 2.45) is 0 Å². The maximum absolute atomic E-state index is 11.9. The van der Waals surface area contributed by atoms with Gasteiger partial charge in [0.2, 0.25) is 12.7 Å². The van der Waals surface area contributed by atoms with Crippen molar-refractivity contribution < 1.29 is 127 Å². The Kier molecular flexibility index (Phi) is 18.3. The average molecular weight is 477 g/mol. The molecular formula is C18H19NNa3O8P. The summed E-state index contributed by atoms with van der Waals surface area (Å²) in [5.41, 5.74) is -1.54. The van der Waals surface area contributed by atoms with Gasteiger partial charge in [0.25, 0.3) is 0 Å². The second-order valence-electron chi connectivity index (χ2n) is 5.98. The molecule has 1 amide bonds. The molecule has 0 atom stereocenters. The van der Waals surface area contributed by atoms with Gasteiger partial charge in [-0.05, 0) is 44.6 Å². The predicted octanol–water partition coefficient (Wildman–Crippen LogP) is -8.75. The van der Waals surface area contributed by atoms with Gasteiger partial charge in [0.1, 0.15) is 0 Å². The van der Waals surface area contributed by atoms with Crippen molar-refractivity contribution in [2.45, 2.75) is 19.3 Å². The minimum Gasteiger partial charge on any atom is -0.807 e. The van der Waals surface area contributed by atoms with E-state index in [-0.39, 0.29) is 101 Å². The van der Waals surface area contributed by atoms with E-state index in [1.807, 2.05) is 35.3 Å². The van der Waals surface area contributed by atoms with Crippen LogP contribution in [0.1, 0.15) is 24.8 Å². The van der Waals surface area contributed by atoms with Crippen molar-refractivity contribution in [1.29, 1.82) is 0 Å². The van der Waals surface area contributed by atoms with Gasteiger partial charge in [-0.25, -0.2) is 0 Å². The van der Waals surface area contributed by atoms with E-state index >= 15 is 0 Å². The number of carbonyl (C=O) groups excluding carboxylic acids is 2. The fourth-order valence-electron chi connectivity index (χ4n) is 2.54. The molecule has 2 heterocycles. The van der Waals surface area contributed by atoms with Crippen molar-refractivity contribution in [3.05, 3.63) is 42.0 Å².